The fraction of sp³-hybridized carbons (Fsp3) is 0. The number of anilines is 1. The number of hydrogen-bond acceptors (Lipinski definition) is 4. The minimum Gasteiger partial charge on any atom is -0.478 e. The van der Waals surface area contributed by atoms with Gasteiger partial charge in [0.25, 0.3) is 0 Å². The molecule has 6 nitrogen and oxygen atoms in total. The number of nitrogens with one attached hydrogen (secondary N) is 1. The first-order chi connectivity index (χ1) is 11.1. The molecule has 0 atom stereocenters. The minimum atomic E-state index is -1.06. The molecule has 0 aliphatic rings. The van der Waals surface area contributed by atoms with Crippen molar-refractivity contribution in [2.24, 2.45) is 0 Å². The zero-order chi connectivity index (χ0) is 16.2. The molecule has 0 saturated heterocycles. The van der Waals surface area contributed by atoms with Crippen LogP contribution in [0, 0.1) is 0 Å². The van der Waals surface area contributed by atoms with E-state index in [9.17, 15) is 4.79 Å². The predicted octanol–water partition coefficient (Wildman–Crippen LogP) is 2.92. The third-order valence-electron chi connectivity index (χ3n) is 3.30. The normalized spacial score (nSPS) is 11.0. The fourth-order valence-corrected chi connectivity index (χ4v) is 2.17. The summed E-state index contributed by atoms with van der Waals surface area (Å²) in [5.74, 6) is -0.924. The van der Waals surface area contributed by atoms with Gasteiger partial charge >= 0.3 is 5.97 Å². The van der Waals surface area contributed by atoms with Crippen molar-refractivity contribution in [1.29, 1.82) is 0 Å². The predicted molar refractivity (Wildman–Crippen MR) is 88.6 cm³/mol. The minimum absolute atomic E-state index is 0.0595. The molecule has 3 rings (SSSR count). The van der Waals surface area contributed by atoms with Crippen molar-refractivity contribution in [3.8, 4) is 11.3 Å². The number of pyridine rings is 2. The average molecular weight is 306 g/mol. The van der Waals surface area contributed by atoms with Gasteiger partial charge in [-0.2, -0.15) is 0 Å². The van der Waals surface area contributed by atoms with E-state index in [0.29, 0.717) is 5.69 Å². The highest BCUT2D eigenvalue weighted by Gasteiger charge is 2.13. The van der Waals surface area contributed by atoms with Crippen molar-refractivity contribution in [1.82, 2.24) is 15.0 Å². The van der Waals surface area contributed by atoms with E-state index < -0.39 is 5.97 Å². The zero-order valence-electron chi connectivity index (χ0n) is 12.1. The summed E-state index contributed by atoms with van der Waals surface area (Å²) in [5.41, 5.74) is 8.90. The molecular formula is C17H14N4O2. The number of aromatic carboxylic acids is 1. The SMILES string of the molecule is Nc1[nH]c(-c2ccnc(/C=C/c3cccnc3)c2)cc1C(=O)O. The molecule has 23 heavy (non-hydrogen) atoms. The van der Waals surface area contributed by atoms with Crippen LogP contribution in [0.25, 0.3) is 23.4 Å². The van der Waals surface area contributed by atoms with Crippen molar-refractivity contribution in [3.63, 3.8) is 0 Å². The van der Waals surface area contributed by atoms with Gasteiger partial charge in [0, 0.05) is 29.8 Å². The third-order valence-corrected chi connectivity index (χ3v) is 3.30. The molecule has 0 bridgehead atoms. The van der Waals surface area contributed by atoms with Crippen LogP contribution in [0.1, 0.15) is 21.6 Å². The second-order valence-corrected chi connectivity index (χ2v) is 4.90. The lowest BCUT2D eigenvalue weighted by Crippen LogP contribution is -1.98. The smallest absolute Gasteiger partial charge is 0.339 e. The summed E-state index contributed by atoms with van der Waals surface area (Å²) < 4.78 is 0. The van der Waals surface area contributed by atoms with Crippen LogP contribution in [0.3, 0.4) is 0 Å². The van der Waals surface area contributed by atoms with Crippen molar-refractivity contribution in [2.75, 3.05) is 5.73 Å². The van der Waals surface area contributed by atoms with Gasteiger partial charge in [0.15, 0.2) is 0 Å². The highest BCUT2D eigenvalue weighted by molar-refractivity contribution is 5.95. The average Bonchev–Trinajstić information content (AvgIpc) is 2.96. The van der Waals surface area contributed by atoms with Crippen molar-refractivity contribution >= 4 is 23.9 Å². The topological polar surface area (TPSA) is 105 Å². The molecule has 0 aliphatic carbocycles. The number of hydrogen-bond donors (Lipinski definition) is 3. The second kappa shape index (κ2) is 6.15. The number of aromatic amines is 1. The molecule has 3 heterocycles. The van der Waals surface area contributed by atoms with E-state index in [1.54, 1.807) is 24.7 Å². The van der Waals surface area contributed by atoms with Crippen LogP contribution in [0.2, 0.25) is 0 Å². The number of H-pyrrole nitrogens is 1. The molecule has 0 radical (unpaired) electrons. The van der Waals surface area contributed by atoms with Crippen LogP contribution in [0.4, 0.5) is 5.82 Å². The Labute approximate surface area is 132 Å². The number of carbonyl (C=O) groups is 1. The molecule has 3 aromatic heterocycles. The Morgan fingerprint density at radius 2 is 2.09 bits per heavy atom. The van der Waals surface area contributed by atoms with E-state index in [1.165, 1.54) is 6.07 Å². The fourth-order valence-electron chi connectivity index (χ4n) is 2.17. The quantitative estimate of drug-likeness (QED) is 0.687. The maximum atomic E-state index is 11.1. The number of nitrogens with two attached hydrogens (primary N) is 1. The molecule has 0 saturated carbocycles. The Kier molecular flexibility index (Phi) is 3.88. The van der Waals surface area contributed by atoms with Gasteiger partial charge in [-0.05, 0) is 35.9 Å². The Hall–Kier alpha value is -3.41. The van der Waals surface area contributed by atoms with Crippen LogP contribution < -0.4 is 5.73 Å². The van der Waals surface area contributed by atoms with Crippen LogP contribution in [0.15, 0.2) is 48.9 Å². The van der Waals surface area contributed by atoms with E-state index in [0.717, 1.165) is 16.8 Å². The first-order valence-corrected chi connectivity index (χ1v) is 6.90. The largest absolute Gasteiger partial charge is 0.478 e. The van der Waals surface area contributed by atoms with Gasteiger partial charge < -0.3 is 15.8 Å². The number of carboxylic acids is 1. The molecule has 0 amide bonds. The molecule has 0 aliphatic heterocycles. The summed E-state index contributed by atoms with van der Waals surface area (Å²) in [6, 6.07) is 8.96. The summed E-state index contributed by atoms with van der Waals surface area (Å²) in [5, 5.41) is 9.06. The zero-order valence-corrected chi connectivity index (χ0v) is 12.1. The Morgan fingerprint density at radius 3 is 2.78 bits per heavy atom. The van der Waals surface area contributed by atoms with Gasteiger partial charge in [-0.15, -0.1) is 0 Å². The Morgan fingerprint density at radius 1 is 1.22 bits per heavy atom. The molecule has 0 aromatic carbocycles. The molecule has 3 aromatic rings. The number of carboxylic acid groups (broad SMARTS) is 1. The summed E-state index contributed by atoms with van der Waals surface area (Å²) in [4.78, 5) is 22.3. The molecule has 0 spiro atoms. The van der Waals surface area contributed by atoms with Crippen molar-refractivity contribution < 1.29 is 9.90 Å². The number of nitrogens with zero attached hydrogens (tertiary/aromatic N) is 2. The number of rotatable bonds is 4. The Bertz CT molecular complexity index is 869. The van der Waals surface area contributed by atoms with Crippen molar-refractivity contribution in [2.45, 2.75) is 0 Å². The highest BCUT2D eigenvalue weighted by Crippen LogP contribution is 2.24. The first kappa shape index (κ1) is 14.5. The summed E-state index contributed by atoms with van der Waals surface area (Å²) in [6.45, 7) is 0. The maximum absolute atomic E-state index is 11.1. The van der Waals surface area contributed by atoms with E-state index in [2.05, 4.69) is 15.0 Å². The van der Waals surface area contributed by atoms with Gasteiger partial charge in [-0.25, -0.2) is 4.79 Å². The standard InChI is InChI=1S/C17H14N4O2/c18-16-14(17(22)23)9-15(21-16)12-5-7-20-13(8-12)4-3-11-2-1-6-19-10-11/h1-10,21H,18H2,(H,22,23)/b4-3+. The van der Waals surface area contributed by atoms with Crippen LogP contribution in [-0.2, 0) is 0 Å². The van der Waals surface area contributed by atoms with E-state index >= 15 is 0 Å². The maximum Gasteiger partial charge on any atom is 0.339 e. The lowest BCUT2D eigenvalue weighted by molar-refractivity contribution is 0.0698. The Balaban J connectivity index is 1.90. The van der Waals surface area contributed by atoms with Gasteiger partial charge in [0.05, 0.1) is 5.69 Å². The van der Waals surface area contributed by atoms with Crippen molar-refractivity contribution in [3.05, 3.63) is 65.7 Å². The molecule has 0 fully saturated rings. The second-order valence-electron chi connectivity index (χ2n) is 4.90. The van der Waals surface area contributed by atoms with Crippen LogP contribution in [-0.4, -0.2) is 26.0 Å². The number of nitrogen functional groups attached to an aromatic ring is 1. The number of aromatic nitrogens is 3. The van der Waals surface area contributed by atoms with Crippen LogP contribution >= 0.6 is 0 Å². The summed E-state index contributed by atoms with van der Waals surface area (Å²) in [7, 11) is 0. The van der Waals surface area contributed by atoms with Gasteiger partial charge in [-0.3, -0.25) is 9.97 Å². The van der Waals surface area contributed by atoms with Gasteiger partial charge in [-0.1, -0.05) is 12.1 Å². The lowest BCUT2D eigenvalue weighted by Gasteiger charge is -1.99. The van der Waals surface area contributed by atoms with Gasteiger partial charge in [0.2, 0.25) is 0 Å². The molecule has 0 unspecified atom stereocenters. The van der Waals surface area contributed by atoms with Crippen LogP contribution in [0.5, 0.6) is 0 Å². The molecular weight excluding hydrogens is 292 g/mol. The monoisotopic (exact) mass is 306 g/mol. The summed E-state index contributed by atoms with van der Waals surface area (Å²) >= 11 is 0. The molecule has 6 heteroatoms. The van der Waals surface area contributed by atoms with E-state index in [-0.39, 0.29) is 11.4 Å². The third kappa shape index (κ3) is 3.26. The van der Waals surface area contributed by atoms with E-state index in [1.807, 2.05) is 30.4 Å². The molecule has 114 valence electrons. The van der Waals surface area contributed by atoms with E-state index in [4.69, 9.17) is 10.8 Å². The molecule has 4 N–H and O–H groups in total. The summed E-state index contributed by atoms with van der Waals surface area (Å²) in [6.07, 6.45) is 8.91. The highest BCUT2D eigenvalue weighted by atomic mass is 16.4. The van der Waals surface area contributed by atoms with Gasteiger partial charge in [0.1, 0.15) is 11.4 Å². The first-order valence-electron chi connectivity index (χ1n) is 6.90. The lowest BCUT2D eigenvalue weighted by atomic mass is 10.1.